The van der Waals surface area contributed by atoms with Crippen LogP contribution in [0.5, 0.6) is 0 Å². The number of nitrogens with zero attached hydrogens (tertiary/aromatic N) is 3. The topological polar surface area (TPSA) is 99.2 Å². The van der Waals surface area contributed by atoms with Crippen LogP contribution in [0.2, 0.25) is 0 Å². The standard InChI is InChI=1S/C19H14N4O3S/c20-9-12-2-1-3-13(8-12)18(25)23-6-4-15-16(10-23)27-19(21-15)22-17(24)14-5-7-26-11-14/h1-3,5,7-8,11H,4,6,10H2,(H,21,22,24). The van der Waals surface area contributed by atoms with Crippen LogP contribution in [-0.4, -0.2) is 28.2 Å². The molecule has 4 rings (SSSR count). The second kappa shape index (κ2) is 7.05. The molecule has 0 atom stereocenters. The molecule has 0 bridgehead atoms. The monoisotopic (exact) mass is 378 g/mol. The van der Waals surface area contributed by atoms with Crippen LogP contribution in [-0.2, 0) is 13.0 Å². The van der Waals surface area contributed by atoms with E-state index in [1.165, 1.54) is 23.9 Å². The maximum absolute atomic E-state index is 12.7. The number of carbonyl (C=O) groups excluding carboxylic acids is 2. The highest BCUT2D eigenvalue weighted by molar-refractivity contribution is 7.15. The molecule has 1 N–H and O–H groups in total. The molecular formula is C19H14N4O3S. The quantitative estimate of drug-likeness (QED) is 0.755. The van der Waals surface area contributed by atoms with Gasteiger partial charge in [-0.25, -0.2) is 4.98 Å². The van der Waals surface area contributed by atoms with Crippen LogP contribution >= 0.6 is 11.3 Å². The molecule has 0 saturated heterocycles. The molecule has 1 aliphatic heterocycles. The zero-order chi connectivity index (χ0) is 18.8. The Morgan fingerprint density at radius 1 is 1.30 bits per heavy atom. The minimum absolute atomic E-state index is 0.116. The fraction of sp³-hybridized carbons (Fsp3) is 0.158. The Morgan fingerprint density at radius 2 is 2.19 bits per heavy atom. The van der Waals surface area contributed by atoms with Crippen molar-refractivity contribution >= 4 is 28.3 Å². The summed E-state index contributed by atoms with van der Waals surface area (Å²) in [7, 11) is 0. The summed E-state index contributed by atoms with van der Waals surface area (Å²) in [6, 6.07) is 10.3. The molecule has 0 radical (unpaired) electrons. The van der Waals surface area contributed by atoms with Crippen molar-refractivity contribution in [2.75, 3.05) is 11.9 Å². The molecule has 27 heavy (non-hydrogen) atoms. The minimum atomic E-state index is -0.281. The fourth-order valence-electron chi connectivity index (χ4n) is 2.89. The van der Waals surface area contributed by atoms with Crippen molar-refractivity contribution in [3.8, 4) is 6.07 Å². The first kappa shape index (κ1) is 17.0. The lowest BCUT2D eigenvalue weighted by Crippen LogP contribution is -2.35. The Bertz CT molecular complexity index is 1050. The Labute approximate surface area is 158 Å². The fourth-order valence-corrected chi connectivity index (χ4v) is 3.91. The number of benzene rings is 1. The van der Waals surface area contributed by atoms with E-state index in [1.54, 1.807) is 35.2 Å². The van der Waals surface area contributed by atoms with Gasteiger partial charge in [0.15, 0.2) is 5.13 Å². The van der Waals surface area contributed by atoms with Crippen molar-refractivity contribution in [3.05, 3.63) is 70.1 Å². The van der Waals surface area contributed by atoms with E-state index >= 15 is 0 Å². The van der Waals surface area contributed by atoms with Crippen molar-refractivity contribution in [1.82, 2.24) is 9.88 Å². The molecule has 0 saturated carbocycles. The normalized spacial score (nSPS) is 12.9. The van der Waals surface area contributed by atoms with E-state index in [0.29, 0.717) is 41.3 Å². The van der Waals surface area contributed by atoms with Crippen LogP contribution in [0.15, 0.2) is 47.3 Å². The summed E-state index contributed by atoms with van der Waals surface area (Å²) in [5, 5.41) is 12.3. The third kappa shape index (κ3) is 3.45. The molecule has 2 aromatic heterocycles. The number of hydrogen-bond donors (Lipinski definition) is 1. The zero-order valence-electron chi connectivity index (χ0n) is 14.1. The molecule has 0 unspecified atom stereocenters. The van der Waals surface area contributed by atoms with Crippen LogP contribution in [0, 0.1) is 11.3 Å². The second-order valence-corrected chi connectivity index (χ2v) is 7.11. The van der Waals surface area contributed by atoms with Gasteiger partial charge in [0.25, 0.3) is 11.8 Å². The highest BCUT2D eigenvalue weighted by atomic mass is 32.1. The van der Waals surface area contributed by atoms with E-state index in [0.717, 1.165) is 10.6 Å². The van der Waals surface area contributed by atoms with E-state index in [2.05, 4.69) is 10.3 Å². The van der Waals surface area contributed by atoms with Crippen molar-refractivity contribution in [1.29, 1.82) is 5.26 Å². The molecule has 3 aromatic rings. The number of carbonyl (C=O) groups is 2. The number of furan rings is 1. The maximum Gasteiger partial charge on any atom is 0.260 e. The third-order valence-corrected chi connectivity index (χ3v) is 5.26. The Morgan fingerprint density at radius 3 is 2.96 bits per heavy atom. The summed E-state index contributed by atoms with van der Waals surface area (Å²) < 4.78 is 4.91. The lowest BCUT2D eigenvalue weighted by molar-refractivity contribution is 0.0736. The summed E-state index contributed by atoms with van der Waals surface area (Å²) in [4.78, 5) is 32.0. The predicted molar refractivity (Wildman–Crippen MR) is 98.4 cm³/mol. The summed E-state index contributed by atoms with van der Waals surface area (Å²) in [5.41, 5.74) is 2.28. The number of hydrogen-bond acceptors (Lipinski definition) is 6. The van der Waals surface area contributed by atoms with Gasteiger partial charge in [-0.05, 0) is 24.3 Å². The highest BCUT2D eigenvalue weighted by Crippen LogP contribution is 2.29. The maximum atomic E-state index is 12.7. The molecule has 134 valence electrons. The van der Waals surface area contributed by atoms with Crippen molar-refractivity contribution in [2.45, 2.75) is 13.0 Å². The summed E-state index contributed by atoms with van der Waals surface area (Å²) >= 11 is 1.37. The Balaban J connectivity index is 1.48. The average molecular weight is 378 g/mol. The number of fused-ring (bicyclic) bond motifs is 1. The van der Waals surface area contributed by atoms with Gasteiger partial charge in [-0.1, -0.05) is 17.4 Å². The number of thiazole rings is 1. The van der Waals surface area contributed by atoms with Gasteiger partial charge >= 0.3 is 0 Å². The lowest BCUT2D eigenvalue weighted by atomic mass is 10.1. The van der Waals surface area contributed by atoms with E-state index < -0.39 is 0 Å². The smallest absolute Gasteiger partial charge is 0.260 e. The number of aromatic nitrogens is 1. The van der Waals surface area contributed by atoms with Gasteiger partial charge in [0.1, 0.15) is 6.26 Å². The zero-order valence-corrected chi connectivity index (χ0v) is 15.0. The van der Waals surface area contributed by atoms with Gasteiger partial charge in [0.2, 0.25) is 0 Å². The first-order valence-electron chi connectivity index (χ1n) is 8.25. The van der Waals surface area contributed by atoms with Crippen LogP contribution in [0.3, 0.4) is 0 Å². The van der Waals surface area contributed by atoms with Gasteiger partial charge in [0, 0.05) is 23.4 Å². The van der Waals surface area contributed by atoms with Crippen molar-refractivity contribution < 1.29 is 14.0 Å². The second-order valence-electron chi connectivity index (χ2n) is 6.02. The van der Waals surface area contributed by atoms with Crippen molar-refractivity contribution in [3.63, 3.8) is 0 Å². The molecule has 0 spiro atoms. The van der Waals surface area contributed by atoms with E-state index in [4.69, 9.17) is 9.68 Å². The Hall–Kier alpha value is -3.44. The largest absolute Gasteiger partial charge is 0.472 e. The number of anilines is 1. The van der Waals surface area contributed by atoms with Gasteiger partial charge in [-0.2, -0.15) is 5.26 Å². The first-order chi connectivity index (χ1) is 13.1. The molecule has 1 aromatic carbocycles. The van der Waals surface area contributed by atoms with E-state index in [1.807, 2.05) is 6.07 Å². The average Bonchev–Trinajstić information content (AvgIpc) is 3.36. The summed E-state index contributed by atoms with van der Waals surface area (Å²) in [6.45, 7) is 0.978. The number of nitrogens with one attached hydrogen (secondary N) is 1. The van der Waals surface area contributed by atoms with E-state index in [-0.39, 0.29) is 11.8 Å². The Kier molecular flexibility index (Phi) is 4.44. The molecule has 0 aliphatic carbocycles. The van der Waals surface area contributed by atoms with Gasteiger partial charge in [0.05, 0.1) is 35.7 Å². The molecule has 7 nitrogen and oxygen atoms in total. The van der Waals surface area contributed by atoms with Crippen LogP contribution in [0.1, 0.15) is 36.9 Å². The molecule has 2 amide bonds. The van der Waals surface area contributed by atoms with Crippen LogP contribution in [0.4, 0.5) is 5.13 Å². The molecule has 1 aliphatic rings. The highest BCUT2D eigenvalue weighted by Gasteiger charge is 2.25. The summed E-state index contributed by atoms with van der Waals surface area (Å²) in [6.07, 6.45) is 3.43. The number of rotatable bonds is 3. The van der Waals surface area contributed by atoms with Crippen molar-refractivity contribution in [2.24, 2.45) is 0 Å². The predicted octanol–water partition coefficient (Wildman–Crippen LogP) is 3.06. The van der Waals surface area contributed by atoms with E-state index in [9.17, 15) is 9.59 Å². The molecular weight excluding hydrogens is 364 g/mol. The molecule has 3 heterocycles. The lowest BCUT2D eigenvalue weighted by Gasteiger charge is -2.26. The van der Waals surface area contributed by atoms with Gasteiger partial charge in [-0.3, -0.25) is 14.9 Å². The number of nitriles is 1. The molecule has 8 heteroatoms. The SMILES string of the molecule is N#Cc1cccc(C(=O)N2CCc3nc(NC(=O)c4ccoc4)sc3C2)c1. The molecule has 0 fully saturated rings. The van der Waals surface area contributed by atoms with Crippen LogP contribution < -0.4 is 5.32 Å². The third-order valence-electron chi connectivity index (χ3n) is 4.26. The first-order valence-corrected chi connectivity index (χ1v) is 9.07. The van der Waals surface area contributed by atoms with Gasteiger partial charge in [-0.15, -0.1) is 0 Å². The minimum Gasteiger partial charge on any atom is -0.472 e. The van der Waals surface area contributed by atoms with Gasteiger partial charge < -0.3 is 9.32 Å². The number of amides is 2. The summed E-state index contributed by atoms with van der Waals surface area (Å²) in [5.74, 6) is -0.397. The van der Waals surface area contributed by atoms with Crippen LogP contribution in [0.25, 0.3) is 0 Å².